The molecule has 0 fully saturated rings. The normalized spacial score (nSPS) is 12.4. The summed E-state index contributed by atoms with van der Waals surface area (Å²) in [6.07, 6.45) is 8.76. The first-order valence-electron chi connectivity index (χ1n) is 26.9. The van der Waals surface area contributed by atoms with Crippen LogP contribution in [0.2, 0.25) is 0 Å². The smallest absolute Gasteiger partial charge is 0.0737 e. The zero-order valence-corrected chi connectivity index (χ0v) is 42.8. The van der Waals surface area contributed by atoms with E-state index in [1.54, 1.807) is 0 Å². The standard InChI is InChI=1S/C72H42N8/c1-9-25-49-41(17-1)65(42-18-2-10-26-50(42)73-49)69-57-33-35-59(77-57)70(66-43-19-3-11-27-51(43)74-52-28-12-4-20-44(52)66)61-37-39-63(79-61)72(68-47-23-7-15-31-55(47)76-56-32-16-8-24-48(56)68)64-40-38-62(80-64)71(60-36-34-58(69)78-60)67-45-21-5-13-29-53(45)75-54-30-14-6-22-46(54)67/h1-40,77,80H. The maximum Gasteiger partial charge on any atom is 0.0737 e. The summed E-state index contributed by atoms with van der Waals surface area (Å²) in [5, 5.41) is 8.20. The summed E-state index contributed by atoms with van der Waals surface area (Å²) in [4.78, 5) is 40.9. The average Bonchev–Trinajstić information content (AvgIpc) is 4.44. The van der Waals surface area contributed by atoms with Gasteiger partial charge in [0.25, 0.3) is 0 Å². The molecular formula is C72H42N8. The molecule has 2 N–H and O–H groups in total. The zero-order chi connectivity index (χ0) is 52.4. The van der Waals surface area contributed by atoms with Gasteiger partial charge in [-0.25, -0.2) is 29.9 Å². The van der Waals surface area contributed by atoms with Gasteiger partial charge in [-0.3, -0.25) is 0 Å². The summed E-state index contributed by atoms with van der Waals surface area (Å²) < 4.78 is 0. The van der Waals surface area contributed by atoms with Crippen molar-refractivity contribution in [3.63, 3.8) is 0 Å². The van der Waals surface area contributed by atoms with Crippen LogP contribution < -0.4 is 0 Å². The van der Waals surface area contributed by atoms with Gasteiger partial charge in [-0.1, -0.05) is 146 Å². The summed E-state index contributed by atoms with van der Waals surface area (Å²) in [6, 6.07) is 76.5. The number of benzene rings is 8. The summed E-state index contributed by atoms with van der Waals surface area (Å²) in [7, 11) is 0. The van der Waals surface area contributed by atoms with Crippen molar-refractivity contribution in [1.29, 1.82) is 0 Å². The van der Waals surface area contributed by atoms with E-state index in [1.165, 1.54) is 0 Å². The number of nitrogens with one attached hydrogen (secondary N) is 2. The van der Waals surface area contributed by atoms with Crippen LogP contribution in [0.3, 0.4) is 0 Å². The van der Waals surface area contributed by atoms with Crippen molar-refractivity contribution in [2.45, 2.75) is 0 Å². The zero-order valence-electron chi connectivity index (χ0n) is 42.8. The Hall–Kier alpha value is -11.0. The Morgan fingerprint density at radius 2 is 0.350 bits per heavy atom. The number of aromatic amines is 2. The van der Waals surface area contributed by atoms with Crippen LogP contribution in [-0.4, -0.2) is 39.9 Å². The summed E-state index contributed by atoms with van der Waals surface area (Å²) in [5.74, 6) is 0. The van der Waals surface area contributed by atoms with Gasteiger partial charge in [-0.05, 0) is 97.1 Å². The molecule has 0 aliphatic carbocycles. The van der Waals surface area contributed by atoms with Gasteiger partial charge < -0.3 is 9.97 Å². The SMILES string of the molecule is C1=Cc2nc1c(-c1c3ccccc3nc3ccccc13)c1ccc([nH]1)c(-c1c3ccccc3nc3ccccc13)c1nc(c(-c3c4ccccc4nc4ccccc34)c3ccc([nH]3)c2-c2c3ccccc3nc3ccccc23)C=C1. The van der Waals surface area contributed by atoms with E-state index in [9.17, 15) is 0 Å². The van der Waals surface area contributed by atoms with Crippen LogP contribution in [0, 0.1) is 0 Å². The minimum absolute atomic E-state index is 0.811. The van der Waals surface area contributed by atoms with E-state index >= 15 is 0 Å². The molecule has 15 aromatic rings. The van der Waals surface area contributed by atoms with Crippen molar-refractivity contribution in [3.05, 3.63) is 241 Å². The van der Waals surface area contributed by atoms with Crippen molar-refractivity contribution in [2.24, 2.45) is 0 Å². The first-order chi connectivity index (χ1) is 39.7. The number of H-pyrrole nitrogens is 2. The molecule has 0 unspecified atom stereocenters. The molecule has 80 heavy (non-hydrogen) atoms. The lowest BCUT2D eigenvalue weighted by atomic mass is 9.94. The highest BCUT2D eigenvalue weighted by Crippen LogP contribution is 2.47. The fourth-order valence-electron chi connectivity index (χ4n) is 12.7. The highest BCUT2D eigenvalue weighted by molar-refractivity contribution is 6.19. The number of para-hydroxylation sites is 8. The third kappa shape index (κ3) is 6.69. The maximum absolute atomic E-state index is 5.88. The molecule has 0 radical (unpaired) electrons. The van der Waals surface area contributed by atoms with E-state index in [-0.39, 0.29) is 0 Å². The first kappa shape index (κ1) is 44.2. The van der Waals surface area contributed by atoms with E-state index in [0.717, 1.165) is 177 Å². The third-order valence-electron chi connectivity index (χ3n) is 16.1. The van der Waals surface area contributed by atoms with Crippen LogP contribution in [0.25, 0.3) is 178 Å². The summed E-state index contributed by atoms with van der Waals surface area (Å²) in [6.45, 7) is 0. The van der Waals surface area contributed by atoms with E-state index in [0.29, 0.717) is 0 Å². The van der Waals surface area contributed by atoms with Crippen molar-refractivity contribution in [2.75, 3.05) is 0 Å². The molecule has 8 nitrogen and oxygen atoms in total. The number of nitrogens with zero attached hydrogens (tertiary/aromatic N) is 6. The predicted octanol–water partition coefficient (Wildman–Crippen LogP) is 18.1. The molecule has 0 atom stereocenters. The van der Waals surface area contributed by atoms with Crippen LogP contribution in [0.1, 0.15) is 22.8 Å². The second-order valence-corrected chi connectivity index (χ2v) is 20.6. The van der Waals surface area contributed by atoms with E-state index in [4.69, 9.17) is 29.9 Å². The Balaban J connectivity index is 1.13. The van der Waals surface area contributed by atoms with Crippen molar-refractivity contribution < 1.29 is 0 Å². The maximum atomic E-state index is 5.88. The van der Waals surface area contributed by atoms with Crippen molar-refractivity contribution in [1.82, 2.24) is 39.9 Å². The lowest BCUT2D eigenvalue weighted by Gasteiger charge is -2.14. The van der Waals surface area contributed by atoms with Gasteiger partial charge in [0.15, 0.2) is 0 Å². The molecule has 7 aromatic heterocycles. The topological polar surface area (TPSA) is 109 Å². The molecule has 8 aromatic carbocycles. The third-order valence-corrected chi connectivity index (χ3v) is 16.1. The lowest BCUT2D eigenvalue weighted by Crippen LogP contribution is -1.95. The van der Waals surface area contributed by atoms with E-state index < -0.39 is 0 Å². The van der Waals surface area contributed by atoms with E-state index in [1.807, 2.05) is 0 Å². The first-order valence-corrected chi connectivity index (χ1v) is 26.9. The Labute approximate surface area is 456 Å². The monoisotopic (exact) mass is 1020 g/mol. The van der Waals surface area contributed by atoms with Gasteiger partial charge in [-0.2, -0.15) is 0 Å². The minimum atomic E-state index is 0.811. The fourth-order valence-corrected chi connectivity index (χ4v) is 12.7. The average molecular weight is 1020 g/mol. The molecule has 0 amide bonds. The lowest BCUT2D eigenvalue weighted by molar-refractivity contribution is 1.31. The number of rotatable bonds is 4. The fraction of sp³-hybridized carbons (Fsp3) is 0. The molecule has 0 spiro atoms. The Bertz CT molecular complexity index is 4570. The Kier molecular flexibility index (Phi) is 9.54. The summed E-state index contributed by atoms with van der Waals surface area (Å²) in [5.41, 5.74) is 22.0. The minimum Gasteiger partial charge on any atom is -0.354 e. The van der Waals surface area contributed by atoms with Gasteiger partial charge in [-0.15, -0.1) is 0 Å². The Morgan fingerprint density at radius 1 is 0.175 bits per heavy atom. The predicted molar refractivity (Wildman–Crippen MR) is 332 cm³/mol. The Morgan fingerprint density at radius 3 is 0.537 bits per heavy atom. The van der Waals surface area contributed by atoms with Gasteiger partial charge in [0, 0.05) is 110 Å². The highest BCUT2D eigenvalue weighted by Gasteiger charge is 2.26. The largest absolute Gasteiger partial charge is 0.354 e. The number of hydrogen-bond acceptors (Lipinski definition) is 6. The van der Waals surface area contributed by atoms with Crippen LogP contribution >= 0.6 is 0 Å². The molecule has 8 bridgehead atoms. The van der Waals surface area contributed by atoms with Gasteiger partial charge in [0.05, 0.1) is 66.9 Å². The van der Waals surface area contributed by atoms with Crippen molar-refractivity contribution in [3.8, 4) is 44.5 Å². The number of aromatic nitrogens is 8. The molecule has 17 rings (SSSR count). The van der Waals surface area contributed by atoms with Crippen LogP contribution in [0.4, 0.5) is 0 Å². The highest BCUT2D eigenvalue weighted by atomic mass is 14.8. The number of pyridine rings is 4. The van der Waals surface area contributed by atoms with Crippen LogP contribution in [0.5, 0.6) is 0 Å². The number of hydrogen-bond donors (Lipinski definition) is 2. The molecule has 2 aliphatic rings. The second-order valence-electron chi connectivity index (χ2n) is 20.6. The molecule has 8 heteroatoms. The molecule has 370 valence electrons. The molecular weight excluding hydrogens is 977 g/mol. The molecule has 0 saturated carbocycles. The van der Waals surface area contributed by atoms with Crippen molar-refractivity contribution >= 4 is 134 Å². The van der Waals surface area contributed by atoms with Gasteiger partial charge >= 0.3 is 0 Å². The number of fused-ring (bicyclic) bond motifs is 16. The van der Waals surface area contributed by atoms with Crippen LogP contribution in [-0.2, 0) is 0 Å². The molecule has 0 saturated heterocycles. The molecule has 2 aliphatic heterocycles. The van der Waals surface area contributed by atoms with Crippen LogP contribution in [0.15, 0.2) is 218 Å². The van der Waals surface area contributed by atoms with Gasteiger partial charge in [0.2, 0.25) is 0 Å². The quantitative estimate of drug-likeness (QED) is 0.170. The van der Waals surface area contributed by atoms with E-state index in [2.05, 4.69) is 253 Å². The van der Waals surface area contributed by atoms with Gasteiger partial charge in [0.1, 0.15) is 0 Å². The second kappa shape index (κ2) is 17.3. The summed E-state index contributed by atoms with van der Waals surface area (Å²) >= 11 is 0. The molecule has 9 heterocycles.